The molecule has 0 atom stereocenters. The van der Waals surface area contributed by atoms with Gasteiger partial charge in [0.1, 0.15) is 24.3 Å². The van der Waals surface area contributed by atoms with Crippen LogP contribution >= 0.6 is 11.3 Å². The van der Waals surface area contributed by atoms with Gasteiger partial charge in [-0.2, -0.15) is 17.6 Å². The van der Waals surface area contributed by atoms with E-state index in [1.807, 2.05) is 0 Å². The maximum Gasteiger partial charge on any atom is 0.427 e. The molecule has 0 fully saturated rings. The Morgan fingerprint density at radius 3 is 2.54 bits per heavy atom. The van der Waals surface area contributed by atoms with Gasteiger partial charge in [-0.3, -0.25) is 4.98 Å². The van der Waals surface area contributed by atoms with Crippen molar-refractivity contribution in [2.45, 2.75) is 51.6 Å². The molecule has 39 heavy (non-hydrogen) atoms. The quantitative estimate of drug-likeness (QED) is 0.0941. The van der Waals surface area contributed by atoms with E-state index in [1.54, 1.807) is 6.07 Å². The summed E-state index contributed by atoms with van der Waals surface area (Å²) in [6.45, 7) is 1.43. The largest absolute Gasteiger partial charge is 0.493 e. The SMILES string of the molecule is CCCCCCCCOc1ccc(N(c2nc(-c3cccnc3)c(F)s2)N(CC=O)C(=O)O)cc1C(F)(F)F. The number of alkyl halides is 3. The van der Waals surface area contributed by atoms with E-state index in [2.05, 4.69) is 16.9 Å². The number of unbranched alkanes of at least 4 members (excludes halogenated alkanes) is 5. The van der Waals surface area contributed by atoms with Crippen molar-refractivity contribution in [3.63, 3.8) is 0 Å². The van der Waals surface area contributed by atoms with Crippen LogP contribution < -0.4 is 9.75 Å². The number of aldehydes is 1. The van der Waals surface area contributed by atoms with Crippen LogP contribution in [-0.4, -0.2) is 45.6 Å². The number of pyridine rings is 1. The number of amides is 1. The lowest BCUT2D eigenvalue weighted by molar-refractivity contribution is -0.139. The first-order valence-electron chi connectivity index (χ1n) is 12.3. The average Bonchev–Trinajstić information content (AvgIpc) is 3.29. The van der Waals surface area contributed by atoms with Crippen LogP contribution in [0.4, 0.5) is 33.2 Å². The number of anilines is 2. The fraction of sp³-hybridized carbons (Fsp3) is 0.385. The summed E-state index contributed by atoms with van der Waals surface area (Å²) in [6, 6.07) is 6.05. The third-order valence-corrected chi connectivity index (χ3v) is 6.49. The lowest BCUT2D eigenvalue weighted by Gasteiger charge is -2.31. The minimum absolute atomic E-state index is 0.0802. The minimum atomic E-state index is -4.84. The Morgan fingerprint density at radius 2 is 1.90 bits per heavy atom. The summed E-state index contributed by atoms with van der Waals surface area (Å²) in [4.78, 5) is 31.3. The lowest BCUT2D eigenvalue weighted by atomic mass is 10.1. The smallest absolute Gasteiger partial charge is 0.427 e. The summed E-state index contributed by atoms with van der Waals surface area (Å²) in [5.74, 6) is -0.418. The van der Waals surface area contributed by atoms with Crippen LogP contribution in [-0.2, 0) is 11.0 Å². The van der Waals surface area contributed by atoms with Gasteiger partial charge >= 0.3 is 12.3 Å². The van der Waals surface area contributed by atoms with Crippen LogP contribution in [0.25, 0.3) is 11.3 Å². The predicted octanol–water partition coefficient (Wildman–Crippen LogP) is 7.33. The second-order valence-electron chi connectivity index (χ2n) is 8.50. The summed E-state index contributed by atoms with van der Waals surface area (Å²) < 4.78 is 62.5. The van der Waals surface area contributed by atoms with E-state index in [0.29, 0.717) is 28.8 Å². The van der Waals surface area contributed by atoms with E-state index in [0.717, 1.165) is 43.2 Å². The Balaban J connectivity index is 1.98. The second-order valence-corrected chi connectivity index (χ2v) is 9.43. The molecule has 1 amide bonds. The number of thiazole rings is 1. The second kappa shape index (κ2) is 13.9. The van der Waals surface area contributed by atoms with Crippen molar-refractivity contribution in [2.24, 2.45) is 0 Å². The molecule has 0 saturated heterocycles. The zero-order valence-electron chi connectivity index (χ0n) is 21.2. The third-order valence-electron chi connectivity index (χ3n) is 5.67. The first kappa shape index (κ1) is 29.8. The summed E-state index contributed by atoms with van der Waals surface area (Å²) in [6.07, 6.45) is 2.16. The first-order valence-corrected chi connectivity index (χ1v) is 13.1. The van der Waals surface area contributed by atoms with Gasteiger partial charge in [0, 0.05) is 18.0 Å². The van der Waals surface area contributed by atoms with Gasteiger partial charge in [-0.15, -0.1) is 0 Å². The molecule has 0 saturated carbocycles. The number of hydrogen-bond acceptors (Lipinski definition) is 7. The molecule has 0 aliphatic carbocycles. The molecule has 1 N–H and O–H groups in total. The minimum Gasteiger partial charge on any atom is -0.493 e. The van der Waals surface area contributed by atoms with Crippen molar-refractivity contribution in [1.82, 2.24) is 15.0 Å². The van der Waals surface area contributed by atoms with Gasteiger partial charge < -0.3 is 14.6 Å². The van der Waals surface area contributed by atoms with E-state index in [4.69, 9.17) is 4.74 Å². The standard InChI is InChI=1S/C26H28F4N4O4S/c1-2-3-4-5-6-7-15-38-21-11-10-19(16-20(21)26(28,29)30)34(33(13-14-35)25(36)37)24-32-22(23(27)39-24)18-9-8-12-31-17-18/h8-12,14,16-17H,2-7,13,15H2,1H3,(H,36,37). The maximum atomic E-state index is 14.9. The van der Waals surface area contributed by atoms with E-state index in [9.17, 15) is 32.3 Å². The Hall–Kier alpha value is -3.74. The molecule has 210 valence electrons. The number of rotatable bonds is 14. The van der Waals surface area contributed by atoms with Gasteiger partial charge in [0.2, 0.25) is 10.3 Å². The van der Waals surface area contributed by atoms with Crippen molar-refractivity contribution in [3.8, 4) is 17.0 Å². The van der Waals surface area contributed by atoms with E-state index >= 15 is 0 Å². The van der Waals surface area contributed by atoms with Crippen LogP contribution in [0.2, 0.25) is 0 Å². The zero-order valence-corrected chi connectivity index (χ0v) is 22.0. The van der Waals surface area contributed by atoms with Crippen LogP contribution in [0, 0.1) is 5.13 Å². The number of benzene rings is 1. The van der Waals surface area contributed by atoms with Crippen LogP contribution in [0.1, 0.15) is 51.0 Å². The van der Waals surface area contributed by atoms with Crippen LogP contribution in [0.5, 0.6) is 5.75 Å². The van der Waals surface area contributed by atoms with Crippen LogP contribution in [0.3, 0.4) is 0 Å². The molecule has 0 unspecified atom stereocenters. The molecule has 0 bridgehead atoms. The molecule has 0 spiro atoms. The number of hydrogen-bond donors (Lipinski definition) is 1. The Labute approximate surface area is 226 Å². The van der Waals surface area contributed by atoms with E-state index in [1.165, 1.54) is 24.5 Å². The Bertz CT molecular complexity index is 1240. The molecule has 13 heteroatoms. The molecular weight excluding hydrogens is 540 g/mol. The molecule has 3 rings (SSSR count). The number of hydrazine groups is 1. The van der Waals surface area contributed by atoms with E-state index < -0.39 is 35.3 Å². The number of carboxylic acid groups (broad SMARTS) is 1. The van der Waals surface area contributed by atoms with Crippen molar-refractivity contribution in [1.29, 1.82) is 0 Å². The van der Waals surface area contributed by atoms with Gasteiger partial charge in [-0.25, -0.2) is 19.8 Å². The predicted molar refractivity (Wildman–Crippen MR) is 139 cm³/mol. The third kappa shape index (κ3) is 7.88. The van der Waals surface area contributed by atoms with Gasteiger partial charge in [0.25, 0.3) is 0 Å². The number of halogens is 4. The molecule has 1 aromatic carbocycles. The maximum absolute atomic E-state index is 14.9. The van der Waals surface area contributed by atoms with Gasteiger partial charge in [0.05, 0.1) is 17.9 Å². The molecule has 0 aliphatic rings. The molecular formula is C26H28F4N4O4S. The monoisotopic (exact) mass is 568 g/mol. The highest BCUT2D eigenvalue weighted by Gasteiger charge is 2.37. The Morgan fingerprint density at radius 1 is 1.15 bits per heavy atom. The van der Waals surface area contributed by atoms with Crippen molar-refractivity contribution in [3.05, 3.63) is 53.4 Å². The molecule has 2 aromatic heterocycles. The van der Waals surface area contributed by atoms with Gasteiger partial charge in [-0.05, 0) is 36.8 Å². The van der Waals surface area contributed by atoms with Crippen molar-refractivity contribution in [2.75, 3.05) is 18.2 Å². The normalized spacial score (nSPS) is 11.3. The highest BCUT2D eigenvalue weighted by molar-refractivity contribution is 7.14. The topological polar surface area (TPSA) is 95.9 Å². The van der Waals surface area contributed by atoms with Crippen molar-refractivity contribution >= 4 is 34.5 Å². The number of aromatic nitrogens is 2. The summed E-state index contributed by atoms with van der Waals surface area (Å²) in [5, 5.41) is 9.84. The van der Waals surface area contributed by atoms with E-state index in [-0.39, 0.29) is 35.0 Å². The molecule has 0 radical (unpaired) electrons. The molecule has 3 aromatic rings. The number of carbonyl (C=O) groups is 2. The van der Waals surface area contributed by atoms with Crippen LogP contribution in [0.15, 0.2) is 42.7 Å². The highest BCUT2D eigenvalue weighted by atomic mass is 32.1. The first-order chi connectivity index (χ1) is 18.7. The molecule has 2 heterocycles. The Kier molecular flexibility index (Phi) is 10.6. The summed E-state index contributed by atoms with van der Waals surface area (Å²) in [5.41, 5.74) is -1.33. The lowest BCUT2D eigenvalue weighted by Crippen LogP contribution is -2.44. The molecule has 8 nitrogen and oxygen atoms in total. The average molecular weight is 569 g/mol. The molecule has 0 aliphatic heterocycles. The van der Waals surface area contributed by atoms with Crippen molar-refractivity contribution < 1.29 is 37.0 Å². The number of carbonyl (C=O) groups excluding carboxylic acids is 1. The highest BCUT2D eigenvalue weighted by Crippen LogP contribution is 2.42. The fourth-order valence-corrected chi connectivity index (χ4v) is 4.64. The fourth-order valence-electron chi connectivity index (χ4n) is 3.79. The number of nitrogens with zero attached hydrogens (tertiary/aromatic N) is 4. The van der Waals surface area contributed by atoms with Gasteiger partial charge in [-0.1, -0.05) is 50.4 Å². The van der Waals surface area contributed by atoms with Gasteiger partial charge in [0.15, 0.2) is 0 Å². The zero-order chi connectivity index (χ0) is 28.4. The summed E-state index contributed by atoms with van der Waals surface area (Å²) >= 11 is 0.413. The number of ether oxygens (including phenoxy) is 1. The summed E-state index contributed by atoms with van der Waals surface area (Å²) in [7, 11) is 0.